The van der Waals surface area contributed by atoms with Crippen LogP contribution in [-0.4, -0.2) is 41.5 Å². The summed E-state index contributed by atoms with van der Waals surface area (Å²) in [5, 5.41) is 19.7. The Labute approximate surface area is 155 Å². The van der Waals surface area contributed by atoms with E-state index in [1.165, 1.54) is 0 Å². The van der Waals surface area contributed by atoms with Gasteiger partial charge in [-0.2, -0.15) is 0 Å². The van der Waals surface area contributed by atoms with Crippen molar-refractivity contribution in [2.45, 2.75) is 25.2 Å². The molecule has 3 aliphatic rings. The van der Waals surface area contributed by atoms with Crippen LogP contribution >= 0.6 is 0 Å². The summed E-state index contributed by atoms with van der Waals surface area (Å²) in [6.07, 6.45) is 0.287. The second-order valence-corrected chi connectivity index (χ2v) is 7.10. The third-order valence-electron chi connectivity index (χ3n) is 5.64. The Balaban J connectivity index is 1.63. The van der Waals surface area contributed by atoms with Crippen molar-refractivity contribution in [3.63, 3.8) is 0 Å². The second kappa shape index (κ2) is 5.87. The molecule has 2 aromatic rings. The van der Waals surface area contributed by atoms with Crippen molar-refractivity contribution < 1.29 is 29.2 Å². The highest BCUT2D eigenvalue weighted by molar-refractivity contribution is 5.98. The van der Waals surface area contributed by atoms with Gasteiger partial charge in [0.25, 0.3) is 0 Å². The molecule has 140 valence electrons. The smallest absolute Gasteiger partial charge is 0.343 e. The highest BCUT2D eigenvalue weighted by atomic mass is 16.7. The topological polar surface area (TPSA) is 88.5 Å². The molecule has 0 radical (unpaired) electrons. The van der Waals surface area contributed by atoms with Crippen LogP contribution < -0.4 is 9.47 Å². The fraction of sp³-hybridized carbons (Fsp3) is 0.350. The van der Waals surface area contributed by atoms with Crippen molar-refractivity contribution in [2.24, 2.45) is 0 Å². The highest BCUT2D eigenvalue weighted by Gasteiger charge is 2.44. The normalized spacial score (nSPS) is 23.1. The molecule has 7 nitrogen and oxygen atoms in total. The molecule has 2 atom stereocenters. The lowest BCUT2D eigenvalue weighted by Crippen LogP contribution is -2.36. The molecule has 0 spiro atoms. The Morgan fingerprint density at radius 1 is 1.22 bits per heavy atom. The summed E-state index contributed by atoms with van der Waals surface area (Å²) >= 11 is 0. The number of fused-ring (bicyclic) bond motifs is 4. The summed E-state index contributed by atoms with van der Waals surface area (Å²) in [7, 11) is 1.98. The van der Waals surface area contributed by atoms with E-state index in [0.29, 0.717) is 22.6 Å². The molecule has 7 heteroatoms. The van der Waals surface area contributed by atoms with Gasteiger partial charge in [-0.3, -0.25) is 4.90 Å². The van der Waals surface area contributed by atoms with Crippen molar-refractivity contribution in [3.8, 4) is 17.2 Å². The number of aliphatic hydroxyl groups is 1. The van der Waals surface area contributed by atoms with Crippen molar-refractivity contribution in [3.05, 3.63) is 52.1 Å². The number of ether oxygens (including phenoxy) is 3. The van der Waals surface area contributed by atoms with E-state index < -0.39 is 12.1 Å². The van der Waals surface area contributed by atoms with E-state index in [1.54, 1.807) is 12.1 Å². The van der Waals surface area contributed by atoms with Crippen LogP contribution in [0.25, 0.3) is 0 Å². The summed E-state index contributed by atoms with van der Waals surface area (Å²) in [6, 6.07) is 6.93. The van der Waals surface area contributed by atoms with Gasteiger partial charge in [-0.25, -0.2) is 4.79 Å². The van der Waals surface area contributed by atoms with Gasteiger partial charge in [-0.15, -0.1) is 0 Å². The molecule has 2 aromatic carbocycles. The third-order valence-corrected chi connectivity index (χ3v) is 5.64. The minimum atomic E-state index is -0.509. The molecule has 0 fully saturated rings. The minimum Gasteiger partial charge on any atom is -0.508 e. The lowest BCUT2D eigenvalue weighted by molar-refractivity contribution is 0.00930. The fourth-order valence-corrected chi connectivity index (χ4v) is 4.29. The number of phenols is 1. The number of esters is 1. The molecule has 0 amide bonds. The Hall–Kier alpha value is -2.77. The predicted molar refractivity (Wildman–Crippen MR) is 93.8 cm³/mol. The summed E-state index contributed by atoms with van der Waals surface area (Å²) < 4.78 is 16.6. The zero-order valence-electron chi connectivity index (χ0n) is 14.8. The molecule has 27 heavy (non-hydrogen) atoms. The first-order valence-corrected chi connectivity index (χ1v) is 8.87. The van der Waals surface area contributed by atoms with Crippen molar-refractivity contribution >= 4 is 5.97 Å². The van der Waals surface area contributed by atoms with E-state index >= 15 is 0 Å². The highest BCUT2D eigenvalue weighted by Crippen LogP contribution is 2.50. The summed E-state index contributed by atoms with van der Waals surface area (Å²) in [5.41, 5.74) is 3.64. The number of hydrogen-bond acceptors (Lipinski definition) is 7. The van der Waals surface area contributed by atoms with Crippen LogP contribution in [-0.2, 0) is 17.8 Å². The fourth-order valence-electron chi connectivity index (χ4n) is 4.29. The van der Waals surface area contributed by atoms with E-state index in [1.807, 2.05) is 19.2 Å². The first kappa shape index (κ1) is 16.4. The van der Waals surface area contributed by atoms with Gasteiger partial charge >= 0.3 is 5.97 Å². The van der Waals surface area contributed by atoms with Crippen LogP contribution in [0.2, 0.25) is 0 Å². The molecule has 0 aromatic heterocycles. The van der Waals surface area contributed by atoms with Crippen LogP contribution in [0.5, 0.6) is 17.2 Å². The van der Waals surface area contributed by atoms with E-state index in [0.717, 1.165) is 29.7 Å². The maximum Gasteiger partial charge on any atom is 0.343 e. The molecule has 0 unspecified atom stereocenters. The van der Waals surface area contributed by atoms with E-state index in [2.05, 4.69) is 4.90 Å². The van der Waals surface area contributed by atoms with Crippen molar-refractivity contribution in [1.29, 1.82) is 0 Å². The van der Waals surface area contributed by atoms with Gasteiger partial charge in [0.15, 0.2) is 11.5 Å². The number of carbonyl (C=O) groups is 1. The largest absolute Gasteiger partial charge is 0.508 e. The molecule has 3 aliphatic heterocycles. The van der Waals surface area contributed by atoms with E-state index in [9.17, 15) is 15.0 Å². The van der Waals surface area contributed by atoms with Crippen LogP contribution in [0.4, 0.5) is 0 Å². The van der Waals surface area contributed by atoms with Crippen LogP contribution in [0.1, 0.15) is 44.8 Å². The Kier molecular flexibility index (Phi) is 3.57. The van der Waals surface area contributed by atoms with E-state index in [-0.39, 0.29) is 25.2 Å². The molecule has 5 rings (SSSR count). The lowest BCUT2D eigenvalue weighted by atomic mass is 9.85. The number of carbonyl (C=O) groups excluding carboxylic acids is 1. The number of nitrogens with zero attached hydrogens (tertiary/aromatic N) is 1. The average Bonchev–Trinajstić information content (AvgIpc) is 3.25. The Bertz CT molecular complexity index is 956. The number of aromatic hydroxyl groups is 1. The van der Waals surface area contributed by atoms with Crippen molar-refractivity contribution in [2.75, 3.05) is 20.4 Å². The number of benzene rings is 2. The zero-order valence-corrected chi connectivity index (χ0v) is 14.8. The van der Waals surface area contributed by atoms with Crippen LogP contribution in [0.15, 0.2) is 24.3 Å². The average molecular weight is 369 g/mol. The van der Waals surface area contributed by atoms with Gasteiger partial charge in [0.1, 0.15) is 17.4 Å². The summed E-state index contributed by atoms with van der Waals surface area (Å²) in [6.45, 7) is 0.652. The standard InChI is InChI=1S/C20H19NO6/c1-21-5-4-10-6-11(8-22)14(23)7-13(10)17(21)18-12-2-3-15-19(26-9-25-15)16(12)20(24)27-18/h2-3,6-7,17-18,22-23H,4-5,8-9H2,1H3/t17-,18+/m0/s1. The number of hydrogen-bond donors (Lipinski definition) is 2. The molecule has 0 aliphatic carbocycles. The van der Waals surface area contributed by atoms with Gasteiger partial charge in [-0.1, -0.05) is 6.07 Å². The number of likely N-dealkylation sites (N-methyl/N-ethyl adjacent to an activating group) is 1. The third kappa shape index (κ3) is 2.32. The second-order valence-electron chi connectivity index (χ2n) is 7.10. The van der Waals surface area contributed by atoms with Crippen LogP contribution in [0.3, 0.4) is 0 Å². The molecule has 0 bridgehead atoms. The van der Waals surface area contributed by atoms with Crippen molar-refractivity contribution in [1.82, 2.24) is 4.90 Å². The Morgan fingerprint density at radius 2 is 2.07 bits per heavy atom. The van der Waals surface area contributed by atoms with Gasteiger partial charge in [-0.05, 0) is 42.8 Å². The monoisotopic (exact) mass is 369 g/mol. The van der Waals surface area contributed by atoms with Gasteiger partial charge in [0.05, 0.1) is 12.6 Å². The van der Waals surface area contributed by atoms with Gasteiger partial charge < -0.3 is 24.4 Å². The first-order chi connectivity index (χ1) is 13.1. The summed E-state index contributed by atoms with van der Waals surface area (Å²) in [5.74, 6) is 0.618. The van der Waals surface area contributed by atoms with Crippen LogP contribution in [0, 0.1) is 0 Å². The zero-order chi connectivity index (χ0) is 18.7. The first-order valence-electron chi connectivity index (χ1n) is 8.87. The van der Waals surface area contributed by atoms with E-state index in [4.69, 9.17) is 14.2 Å². The molecule has 2 N–H and O–H groups in total. The molecule has 3 heterocycles. The number of rotatable bonds is 2. The molecular formula is C20H19NO6. The summed E-state index contributed by atoms with van der Waals surface area (Å²) in [4.78, 5) is 14.7. The quantitative estimate of drug-likeness (QED) is 0.783. The number of aliphatic hydroxyl groups excluding tert-OH is 1. The van der Waals surface area contributed by atoms with Gasteiger partial charge in [0, 0.05) is 17.7 Å². The number of cyclic esters (lactones) is 1. The molecule has 0 saturated carbocycles. The maximum absolute atomic E-state index is 12.6. The maximum atomic E-state index is 12.6. The molecule has 0 saturated heterocycles. The molecular weight excluding hydrogens is 350 g/mol. The Morgan fingerprint density at radius 3 is 2.89 bits per heavy atom. The van der Waals surface area contributed by atoms with Gasteiger partial charge in [0.2, 0.25) is 6.79 Å². The lowest BCUT2D eigenvalue weighted by Gasteiger charge is -2.38. The minimum absolute atomic E-state index is 0.0479. The predicted octanol–water partition coefficient (Wildman–Crippen LogP) is 2.05. The SMILES string of the molecule is CN1CCc2cc(CO)c(O)cc2[C@H]1[C@@H]1OC(=O)c2c1ccc1c2OCO1.